The maximum absolute atomic E-state index is 12.5. The van der Waals surface area contributed by atoms with Crippen LogP contribution in [0.3, 0.4) is 0 Å². The Morgan fingerprint density at radius 3 is 2.73 bits per heavy atom. The molecule has 4 heterocycles. The highest BCUT2D eigenvalue weighted by Gasteiger charge is 2.34. The third kappa shape index (κ3) is 4.47. The first kappa shape index (κ1) is 21.9. The fourth-order valence-corrected chi connectivity index (χ4v) is 4.77. The molecule has 8 nitrogen and oxygen atoms in total. The highest BCUT2D eigenvalue weighted by atomic mass is 79.9. The van der Waals surface area contributed by atoms with E-state index in [2.05, 4.69) is 35.7 Å². The maximum Gasteiger partial charge on any atom is 0.414 e. The minimum absolute atomic E-state index is 0.142. The van der Waals surface area contributed by atoms with Gasteiger partial charge in [0.05, 0.1) is 24.9 Å². The molecule has 0 radical (unpaired) electrons. The lowest BCUT2D eigenvalue weighted by atomic mass is 10.2. The number of hydrogen-bond donors (Lipinski definition) is 0. The van der Waals surface area contributed by atoms with Crippen molar-refractivity contribution in [3.05, 3.63) is 52.6 Å². The number of cyclic esters (lactones) is 1. The Morgan fingerprint density at radius 1 is 1.15 bits per heavy atom. The van der Waals surface area contributed by atoms with Crippen molar-refractivity contribution in [3.63, 3.8) is 0 Å². The van der Waals surface area contributed by atoms with Crippen molar-refractivity contribution in [2.75, 3.05) is 56.2 Å². The van der Waals surface area contributed by atoms with Crippen LogP contribution in [0, 0.1) is 6.92 Å². The zero-order valence-corrected chi connectivity index (χ0v) is 20.3. The Kier molecular flexibility index (Phi) is 6.07. The number of halogens is 1. The van der Waals surface area contributed by atoms with Gasteiger partial charge in [0.1, 0.15) is 11.6 Å². The van der Waals surface area contributed by atoms with Crippen molar-refractivity contribution in [2.45, 2.75) is 13.0 Å². The van der Waals surface area contributed by atoms with Gasteiger partial charge in [-0.1, -0.05) is 22.0 Å². The van der Waals surface area contributed by atoms with E-state index in [1.165, 1.54) is 0 Å². The van der Waals surface area contributed by atoms with Crippen molar-refractivity contribution < 1.29 is 14.3 Å². The summed E-state index contributed by atoms with van der Waals surface area (Å²) in [6, 6.07) is 11.7. The van der Waals surface area contributed by atoms with Gasteiger partial charge < -0.3 is 14.4 Å². The minimum atomic E-state index is -0.280. The quantitative estimate of drug-likeness (QED) is 0.514. The number of piperazine rings is 1. The summed E-state index contributed by atoms with van der Waals surface area (Å²) in [5, 5.41) is 0. The molecule has 0 N–H and O–H groups in total. The lowest BCUT2D eigenvalue weighted by Gasteiger charge is -2.36. The van der Waals surface area contributed by atoms with Gasteiger partial charge in [-0.15, -0.1) is 0 Å². The smallest absolute Gasteiger partial charge is 0.414 e. The Bertz CT molecular complexity index is 1180. The number of benzene rings is 1. The van der Waals surface area contributed by atoms with Gasteiger partial charge in [-0.05, 0) is 36.8 Å². The summed E-state index contributed by atoms with van der Waals surface area (Å²) in [7, 11) is 1.62. The topological polar surface area (TPSA) is 71.0 Å². The van der Waals surface area contributed by atoms with E-state index in [4.69, 9.17) is 9.47 Å². The van der Waals surface area contributed by atoms with E-state index >= 15 is 0 Å². The Hall–Kier alpha value is -2.91. The first-order valence-electron chi connectivity index (χ1n) is 11.0. The molecule has 0 saturated carbocycles. The standard InChI is InChI=1S/C24H26BrN5O3/c1-16-3-4-17(13-19(16)25)30-15-18(33-24(30)31)14-28-9-11-29(12-10-28)21-7-8-26-20-5-6-22(32-2)27-23(20)21/h3-8,13,18H,9-12,14-15H2,1-2H3. The normalized spacial score (nSPS) is 19.2. The van der Waals surface area contributed by atoms with Crippen LogP contribution in [0.25, 0.3) is 11.0 Å². The van der Waals surface area contributed by atoms with E-state index in [0.29, 0.717) is 12.4 Å². The van der Waals surface area contributed by atoms with Crippen molar-refractivity contribution >= 4 is 44.4 Å². The number of fused-ring (bicyclic) bond motifs is 1. The van der Waals surface area contributed by atoms with Crippen LogP contribution in [0.4, 0.5) is 16.2 Å². The predicted molar refractivity (Wildman–Crippen MR) is 131 cm³/mol. The van der Waals surface area contributed by atoms with Crippen LogP contribution in [0.15, 0.2) is 47.1 Å². The van der Waals surface area contributed by atoms with Crippen LogP contribution in [0.2, 0.25) is 0 Å². The number of carbonyl (C=O) groups excluding carboxylic acids is 1. The van der Waals surface area contributed by atoms with Gasteiger partial charge in [-0.25, -0.2) is 9.78 Å². The molecule has 1 atom stereocenters. The number of rotatable bonds is 5. The van der Waals surface area contributed by atoms with E-state index in [-0.39, 0.29) is 12.2 Å². The molecule has 2 aromatic heterocycles. The van der Waals surface area contributed by atoms with Gasteiger partial charge in [0, 0.05) is 55.1 Å². The van der Waals surface area contributed by atoms with Gasteiger partial charge in [0.2, 0.25) is 5.88 Å². The molecule has 2 aliphatic heterocycles. The van der Waals surface area contributed by atoms with Crippen LogP contribution < -0.4 is 14.5 Å². The average Bonchev–Trinajstić information content (AvgIpc) is 3.20. The number of anilines is 2. The molecule has 0 spiro atoms. The number of aromatic nitrogens is 2. The molecule has 2 fully saturated rings. The van der Waals surface area contributed by atoms with E-state index in [0.717, 1.165) is 65.2 Å². The molecular formula is C24H26BrN5O3. The van der Waals surface area contributed by atoms with Crippen molar-refractivity contribution in [1.82, 2.24) is 14.9 Å². The SMILES string of the molecule is COc1ccc2nccc(N3CCN(CC4CN(c5ccc(C)c(Br)c5)C(=O)O4)CC3)c2n1. The summed E-state index contributed by atoms with van der Waals surface area (Å²) in [6.07, 6.45) is 1.41. The Balaban J connectivity index is 1.21. The fraction of sp³-hybridized carbons (Fsp3) is 0.375. The molecular weight excluding hydrogens is 486 g/mol. The monoisotopic (exact) mass is 511 g/mol. The molecule has 3 aromatic rings. The second-order valence-electron chi connectivity index (χ2n) is 8.39. The number of carbonyl (C=O) groups is 1. The number of pyridine rings is 2. The molecule has 0 aliphatic carbocycles. The first-order chi connectivity index (χ1) is 16.0. The van der Waals surface area contributed by atoms with E-state index in [1.54, 1.807) is 12.0 Å². The van der Waals surface area contributed by atoms with Crippen molar-refractivity contribution in [1.29, 1.82) is 0 Å². The summed E-state index contributed by atoms with van der Waals surface area (Å²) in [5.41, 5.74) is 4.78. The summed E-state index contributed by atoms with van der Waals surface area (Å²) in [4.78, 5) is 27.9. The van der Waals surface area contributed by atoms with Gasteiger partial charge in [-0.3, -0.25) is 14.8 Å². The minimum Gasteiger partial charge on any atom is -0.481 e. The van der Waals surface area contributed by atoms with Crippen LogP contribution >= 0.6 is 15.9 Å². The van der Waals surface area contributed by atoms with E-state index in [1.807, 2.05) is 49.5 Å². The molecule has 0 bridgehead atoms. The fourth-order valence-electron chi connectivity index (χ4n) is 4.40. The third-order valence-electron chi connectivity index (χ3n) is 6.26. The van der Waals surface area contributed by atoms with Gasteiger partial charge in [0.25, 0.3) is 0 Å². The van der Waals surface area contributed by atoms with Gasteiger partial charge >= 0.3 is 6.09 Å². The Labute approximate surface area is 201 Å². The number of aryl methyl sites for hydroxylation is 1. The Morgan fingerprint density at radius 2 is 1.97 bits per heavy atom. The zero-order chi connectivity index (χ0) is 22.9. The number of amides is 1. The lowest BCUT2D eigenvalue weighted by molar-refractivity contribution is 0.106. The summed E-state index contributed by atoms with van der Waals surface area (Å²) >= 11 is 3.55. The van der Waals surface area contributed by atoms with Crippen LogP contribution in [0.5, 0.6) is 5.88 Å². The summed E-state index contributed by atoms with van der Waals surface area (Å²) in [5.74, 6) is 0.587. The van der Waals surface area contributed by atoms with E-state index in [9.17, 15) is 4.79 Å². The molecule has 1 aromatic carbocycles. The number of hydrogen-bond acceptors (Lipinski definition) is 7. The van der Waals surface area contributed by atoms with Crippen molar-refractivity contribution in [3.8, 4) is 5.88 Å². The second-order valence-corrected chi connectivity index (χ2v) is 9.24. The molecule has 2 saturated heterocycles. The molecule has 33 heavy (non-hydrogen) atoms. The molecule has 2 aliphatic rings. The highest BCUT2D eigenvalue weighted by Crippen LogP contribution is 2.29. The van der Waals surface area contributed by atoms with Gasteiger partial charge in [0.15, 0.2) is 0 Å². The first-order valence-corrected chi connectivity index (χ1v) is 11.8. The molecule has 1 amide bonds. The summed E-state index contributed by atoms with van der Waals surface area (Å²) in [6.45, 7) is 6.83. The third-order valence-corrected chi connectivity index (χ3v) is 7.12. The van der Waals surface area contributed by atoms with Crippen LogP contribution in [-0.4, -0.2) is 73.4 Å². The van der Waals surface area contributed by atoms with Crippen LogP contribution in [-0.2, 0) is 4.74 Å². The van der Waals surface area contributed by atoms with E-state index < -0.39 is 0 Å². The molecule has 1 unspecified atom stereocenters. The highest BCUT2D eigenvalue weighted by molar-refractivity contribution is 9.10. The largest absolute Gasteiger partial charge is 0.481 e. The summed E-state index contributed by atoms with van der Waals surface area (Å²) < 4.78 is 12.0. The predicted octanol–water partition coefficient (Wildman–Crippen LogP) is 3.86. The number of ether oxygens (including phenoxy) is 2. The molecule has 5 rings (SSSR count). The van der Waals surface area contributed by atoms with Gasteiger partial charge in [-0.2, -0.15) is 0 Å². The number of methoxy groups -OCH3 is 1. The molecule has 9 heteroatoms. The molecule has 172 valence electrons. The average molecular weight is 512 g/mol. The second kappa shape index (κ2) is 9.15. The maximum atomic E-state index is 12.5. The van der Waals surface area contributed by atoms with Crippen LogP contribution in [0.1, 0.15) is 5.56 Å². The zero-order valence-electron chi connectivity index (χ0n) is 18.7. The number of nitrogens with zero attached hydrogens (tertiary/aromatic N) is 5. The lowest BCUT2D eigenvalue weighted by Crippen LogP contribution is -2.49. The van der Waals surface area contributed by atoms with Crippen molar-refractivity contribution in [2.24, 2.45) is 0 Å².